The van der Waals surface area contributed by atoms with Crippen molar-refractivity contribution in [1.82, 2.24) is 14.8 Å². The summed E-state index contributed by atoms with van der Waals surface area (Å²) in [4.78, 5) is 12.5. The lowest BCUT2D eigenvalue weighted by Gasteiger charge is -2.10. The minimum atomic E-state index is -0.254. The van der Waals surface area contributed by atoms with E-state index in [1.165, 1.54) is 4.57 Å². The maximum absolute atomic E-state index is 12.5. The summed E-state index contributed by atoms with van der Waals surface area (Å²) in [5.41, 5.74) is 2.09. The number of rotatable bonds is 2. The molecule has 5 nitrogen and oxygen atoms in total. The summed E-state index contributed by atoms with van der Waals surface area (Å²) in [6, 6.07) is 9.07. The van der Waals surface area contributed by atoms with Crippen molar-refractivity contribution in [3.05, 3.63) is 46.4 Å². The lowest BCUT2D eigenvalue weighted by molar-refractivity contribution is 0.481. The summed E-state index contributed by atoms with van der Waals surface area (Å²) in [6.07, 6.45) is 0.793. The number of para-hydroxylation sites is 1. The third-order valence-electron chi connectivity index (χ3n) is 3.54. The number of aryl methyl sites for hydroxylation is 2. The van der Waals surface area contributed by atoms with Crippen LogP contribution in [0.1, 0.15) is 12.6 Å². The van der Waals surface area contributed by atoms with Gasteiger partial charge in [0, 0.05) is 18.1 Å². The third-order valence-corrected chi connectivity index (χ3v) is 3.54. The van der Waals surface area contributed by atoms with E-state index in [9.17, 15) is 9.90 Å². The number of H-pyrrole nitrogens is 1. The number of aromatic hydroxyl groups is 1. The number of aromatic nitrogens is 3. The van der Waals surface area contributed by atoms with Gasteiger partial charge in [-0.3, -0.25) is 9.89 Å². The average molecular weight is 269 g/mol. The number of aromatic amines is 1. The predicted molar refractivity (Wildman–Crippen MR) is 77.8 cm³/mol. The van der Waals surface area contributed by atoms with Crippen molar-refractivity contribution in [1.29, 1.82) is 0 Å². The van der Waals surface area contributed by atoms with Crippen LogP contribution in [0.15, 0.2) is 35.1 Å². The summed E-state index contributed by atoms with van der Waals surface area (Å²) in [7, 11) is 1.70. The molecule has 102 valence electrons. The maximum Gasteiger partial charge on any atom is 0.264 e. The van der Waals surface area contributed by atoms with Crippen LogP contribution in [0.25, 0.3) is 22.2 Å². The molecule has 0 aliphatic carbocycles. The Hall–Kier alpha value is -2.56. The molecule has 0 saturated carbocycles. The van der Waals surface area contributed by atoms with Crippen LogP contribution >= 0.6 is 0 Å². The first-order valence-electron chi connectivity index (χ1n) is 6.48. The topological polar surface area (TPSA) is 70.9 Å². The van der Waals surface area contributed by atoms with Crippen LogP contribution in [0.5, 0.6) is 5.75 Å². The molecule has 3 aromatic rings. The van der Waals surface area contributed by atoms with Crippen LogP contribution in [0, 0.1) is 0 Å². The minimum Gasteiger partial charge on any atom is -0.506 e. The van der Waals surface area contributed by atoms with E-state index in [0.717, 1.165) is 12.1 Å². The van der Waals surface area contributed by atoms with Crippen molar-refractivity contribution >= 4 is 10.9 Å². The highest BCUT2D eigenvalue weighted by Gasteiger charge is 2.18. The van der Waals surface area contributed by atoms with E-state index in [-0.39, 0.29) is 16.9 Å². The highest BCUT2D eigenvalue weighted by Crippen LogP contribution is 2.31. The zero-order chi connectivity index (χ0) is 14.3. The number of fused-ring (bicyclic) bond motifs is 1. The summed E-state index contributed by atoms with van der Waals surface area (Å²) in [5.74, 6) is -0.0159. The standard InChI is InChI=1S/C15H15N3O2/c1-3-9-8-11(17-16-9)13-14(19)10-6-4-5-7-12(10)18(2)15(13)20/h4-8,19H,3H2,1-2H3,(H,16,17). The molecule has 2 aromatic heterocycles. The molecule has 0 radical (unpaired) electrons. The van der Waals surface area contributed by atoms with Gasteiger partial charge >= 0.3 is 0 Å². The van der Waals surface area contributed by atoms with Gasteiger partial charge in [0.15, 0.2) is 0 Å². The molecule has 0 aliphatic rings. The fourth-order valence-electron chi connectivity index (χ4n) is 2.38. The summed E-state index contributed by atoms with van der Waals surface area (Å²) in [6.45, 7) is 2.00. The molecule has 0 bridgehead atoms. The van der Waals surface area contributed by atoms with E-state index < -0.39 is 0 Å². The zero-order valence-electron chi connectivity index (χ0n) is 11.3. The van der Waals surface area contributed by atoms with E-state index in [0.29, 0.717) is 16.6 Å². The first-order chi connectivity index (χ1) is 9.63. The quantitative estimate of drug-likeness (QED) is 0.749. The van der Waals surface area contributed by atoms with E-state index >= 15 is 0 Å². The van der Waals surface area contributed by atoms with Gasteiger partial charge in [-0.25, -0.2) is 0 Å². The molecule has 0 fully saturated rings. The van der Waals surface area contributed by atoms with Crippen molar-refractivity contribution < 1.29 is 5.11 Å². The highest BCUT2D eigenvalue weighted by molar-refractivity contribution is 5.91. The van der Waals surface area contributed by atoms with Crippen molar-refractivity contribution in [3.63, 3.8) is 0 Å². The highest BCUT2D eigenvalue weighted by atomic mass is 16.3. The van der Waals surface area contributed by atoms with E-state index in [4.69, 9.17) is 0 Å². The molecule has 20 heavy (non-hydrogen) atoms. The van der Waals surface area contributed by atoms with Crippen LogP contribution in [-0.4, -0.2) is 19.9 Å². The van der Waals surface area contributed by atoms with Gasteiger partial charge in [0.2, 0.25) is 0 Å². The molecule has 1 aromatic carbocycles. The second kappa shape index (κ2) is 4.52. The normalized spacial score (nSPS) is 11.1. The Morgan fingerprint density at radius 2 is 2.10 bits per heavy atom. The Bertz CT molecular complexity index is 846. The Balaban J connectivity index is 2.39. The van der Waals surface area contributed by atoms with Gasteiger partial charge in [0.05, 0.1) is 5.52 Å². The summed E-state index contributed by atoms with van der Waals surface area (Å²) >= 11 is 0. The maximum atomic E-state index is 12.5. The van der Waals surface area contributed by atoms with Gasteiger partial charge in [-0.05, 0) is 24.6 Å². The van der Waals surface area contributed by atoms with Gasteiger partial charge in [0.1, 0.15) is 17.0 Å². The van der Waals surface area contributed by atoms with Crippen molar-refractivity contribution in [3.8, 4) is 17.0 Å². The molecule has 0 atom stereocenters. The summed E-state index contributed by atoms with van der Waals surface area (Å²) in [5, 5.41) is 18.1. The second-order valence-corrected chi connectivity index (χ2v) is 4.74. The summed E-state index contributed by atoms with van der Waals surface area (Å²) < 4.78 is 1.53. The molecule has 0 unspecified atom stereocenters. The number of hydrogen-bond acceptors (Lipinski definition) is 3. The lowest BCUT2D eigenvalue weighted by Crippen LogP contribution is -2.19. The van der Waals surface area contributed by atoms with Crippen molar-refractivity contribution in [2.75, 3.05) is 0 Å². The number of pyridine rings is 1. The van der Waals surface area contributed by atoms with Gasteiger partial charge < -0.3 is 9.67 Å². The number of nitrogens with zero attached hydrogens (tertiary/aromatic N) is 2. The Labute approximate surface area is 115 Å². The fourth-order valence-corrected chi connectivity index (χ4v) is 2.38. The lowest BCUT2D eigenvalue weighted by atomic mass is 10.1. The molecular weight excluding hydrogens is 254 g/mol. The predicted octanol–water partition coefficient (Wildman–Crippen LogP) is 2.20. The van der Waals surface area contributed by atoms with Crippen LogP contribution < -0.4 is 5.56 Å². The number of nitrogens with one attached hydrogen (secondary N) is 1. The van der Waals surface area contributed by atoms with Gasteiger partial charge in [-0.1, -0.05) is 19.1 Å². The van der Waals surface area contributed by atoms with Gasteiger partial charge in [-0.15, -0.1) is 0 Å². The Morgan fingerprint density at radius 1 is 1.35 bits per heavy atom. The Morgan fingerprint density at radius 3 is 2.80 bits per heavy atom. The molecule has 0 amide bonds. The van der Waals surface area contributed by atoms with Crippen LogP contribution in [0.2, 0.25) is 0 Å². The van der Waals surface area contributed by atoms with Crippen molar-refractivity contribution in [2.24, 2.45) is 7.05 Å². The van der Waals surface area contributed by atoms with E-state index in [2.05, 4.69) is 10.2 Å². The molecule has 5 heteroatoms. The first kappa shape index (κ1) is 12.5. The average Bonchev–Trinajstić information content (AvgIpc) is 2.94. The largest absolute Gasteiger partial charge is 0.506 e. The van der Waals surface area contributed by atoms with Crippen LogP contribution in [0.3, 0.4) is 0 Å². The third kappa shape index (κ3) is 1.71. The second-order valence-electron chi connectivity index (χ2n) is 4.74. The Kier molecular flexibility index (Phi) is 2.82. The van der Waals surface area contributed by atoms with Crippen LogP contribution in [0.4, 0.5) is 0 Å². The van der Waals surface area contributed by atoms with E-state index in [1.807, 2.05) is 25.1 Å². The zero-order valence-corrected chi connectivity index (χ0v) is 11.3. The number of benzene rings is 1. The van der Waals surface area contributed by atoms with Crippen LogP contribution in [-0.2, 0) is 13.5 Å². The molecule has 3 rings (SSSR count). The molecule has 2 N–H and O–H groups in total. The first-order valence-corrected chi connectivity index (χ1v) is 6.48. The molecule has 0 aliphatic heterocycles. The molecule has 0 spiro atoms. The smallest absolute Gasteiger partial charge is 0.264 e. The SMILES string of the molecule is CCc1cc(-c2c(O)c3ccccc3n(C)c2=O)n[nH]1. The molecular formula is C15H15N3O2. The van der Waals surface area contributed by atoms with Gasteiger partial charge in [-0.2, -0.15) is 5.10 Å². The number of hydrogen-bond donors (Lipinski definition) is 2. The molecule has 2 heterocycles. The molecule has 0 saturated heterocycles. The van der Waals surface area contributed by atoms with Crippen molar-refractivity contribution in [2.45, 2.75) is 13.3 Å². The van der Waals surface area contributed by atoms with Gasteiger partial charge in [0.25, 0.3) is 5.56 Å². The monoisotopic (exact) mass is 269 g/mol. The fraction of sp³-hybridized carbons (Fsp3) is 0.200. The minimum absolute atomic E-state index is 0.0159. The van der Waals surface area contributed by atoms with E-state index in [1.54, 1.807) is 19.2 Å².